The van der Waals surface area contributed by atoms with Gasteiger partial charge in [-0.1, -0.05) is 12.1 Å². The molecule has 1 saturated heterocycles. The van der Waals surface area contributed by atoms with Gasteiger partial charge < -0.3 is 4.74 Å². The summed E-state index contributed by atoms with van der Waals surface area (Å²) in [4.78, 5) is 0. The quantitative estimate of drug-likeness (QED) is 0.683. The fourth-order valence-corrected chi connectivity index (χ4v) is 2.60. The Morgan fingerprint density at radius 3 is 2.30 bits per heavy atom. The topological polar surface area (TPSA) is 24.5 Å². The smallest absolute Gasteiger partial charge is 0.379 e. The highest BCUT2D eigenvalue weighted by Gasteiger charge is 2.41. The third kappa shape index (κ3) is 4.34. The monoisotopic (exact) mass is 310 g/mol. The van der Waals surface area contributed by atoms with Gasteiger partial charge in [0.2, 0.25) is 0 Å². The zero-order chi connectivity index (χ0) is 14.6. The second-order valence-corrected chi connectivity index (χ2v) is 5.21. The summed E-state index contributed by atoms with van der Waals surface area (Å²) in [7, 11) is 0. The first-order valence-electron chi connectivity index (χ1n) is 6.04. The van der Waals surface area contributed by atoms with Crippen LogP contribution in [-0.2, 0) is 4.74 Å². The Bertz CT molecular complexity index is 420. The zero-order valence-corrected chi connectivity index (χ0v) is 11.3. The molecule has 1 atom stereocenters. The maximum absolute atomic E-state index is 13.0. The molecule has 0 spiro atoms. The fraction of sp³-hybridized carbons (Fsp3) is 0.500. The van der Waals surface area contributed by atoms with Crippen molar-refractivity contribution in [1.82, 2.24) is 9.03 Å². The minimum Gasteiger partial charge on any atom is -0.379 e. The van der Waals surface area contributed by atoms with Gasteiger partial charge in [0.15, 0.2) is 0 Å². The number of nitrogens with one attached hydrogen (secondary N) is 1. The van der Waals surface area contributed by atoms with Crippen LogP contribution >= 0.6 is 12.1 Å². The van der Waals surface area contributed by atoms with E-state index in [4.69, 9.17) is 4.74 Å². The van der Waals surface area contributed by atoms with Gasteiger partial charge in [0.1, 0.15) is 11.9 Å². The van der Waals surface area contributed by atoms with Crippen LogP contribution in [0.3, 0.4) is 0 Å². The van der Waals surface area contributed by atoms with Crippen molar-refractivity contribution in [3.8, 4) is 0 Å². The lowest BCUT2D eigenvalue weighted by molar-refractivity contribution is -0.152. The van der Waals surface area contributed by atoms with Crippen LogP contribution in [0.1, 0.15) is 11.6 Å². The molecule has 1 N–H and O–H groups in total. The Morgan fingerprint density at radius 2 is 1.75 bits per heavy atom. The van der Waals surface area contributed by atoms with E-state index in [1.807, 2.05) is 0 Å². The number of nitrogens with zero attached hydrogens (tertiary/aromatic N) is 1. The van der Waals surface area contributed by atoms with Gasteiger partial charge in [0.05, 0.1) is 13.2 Å². The number of morpholine rings is 1. The Balaban J connectivity index is 2.02. The van der Waals surface area contributed by atoms with Gasteiger partial charge in [0, 0.05) is 25.2 Å². The predicted octanol–water partition coefficient (Wildman–Crippen LogP) is 2.91. The molecule has 1 aliphatic heterocycles. The van der Waals surface area contributed by atoms with Crippen LogP contribution in [0.5, 0.6) is 0 Å². The van der Waals surface area contributed by atoms with Crippen LogP contribution in [0.15, 0.2) is 24.3 Å². The van der Waals surface area contributed by atoms with E-state index in [0.29, 0.717) is 26.3 Å². The van der Waals surface area contributed by atoms with E-state index >= 15 is 0 Å². The molecule has 112 valence electrons. The molecule has 3 nitrogen and oxygen atoms in total. The van der Waals surface area contributed by atoms with Crippen molar-refractivity contribution in [1.29, 1.82) is 0 Å². The standard InChI is InChI=1S/C12H14F4N2OS/c13-10-3-1-9(2-4-10)11(12(14,15)16)17-20-18-5-7-19-8-6-18/h1-4,11,17H,5-8H2/t11-/m1/s1. The van der Waals surface area contributed by atoms with Crippen LogP contribution in [0.2, 0.25) is 0 Å². The first-order chi connectivity index (χ1) is 9.47. The molecule has 0 aromatic heterocycles. The molecular formula is C12H14F4N2OS. The largest absolute Gasteiger partial charge is 0.408 e. The van der Waals surface area contributed by atoms with Gasteiger partial charge in [-0.05, 0) is 17.7 Å². The van der Waals surface area contributed by atoms with Gasteiger partial charge in [-0.15, -0.1) is 0 Å². The van der Waals surface area contributed by atoms with Crippen molar-refractivity contribution in [2.45, 2.75) is 12.2 Å². The van der Waals surface area contributed by atoms with Gasteiger partial charge >= 0.3 is 6.18 Å². The minimum absolute atomic E-state index is 0.0142. The molecule has 0 bridgehead atoms. The second kappa shape index (κ2) is 6.75. The Labute approximate surface area is 118 Å². The lowest BCUT2D eigenvalue weighted by Crippen LogP contribution is -2.37. The number of hydrogen-bond donors (Lipinski definition) is 1. The van der Waals surface area contributed by atoms with Crippen molar-refractivity contribution in [3.63, 3.8) is 0 Å². The highest BCUT2D eigenvalue weighted by molar-refractivity contribution is 7.95. The van der Waals surface area contributed by atoms with E-state index < -0.39 is 18.0 Å². The summed E-state index contributed by atoms with van der Waals surface area (Å²) in [5.74, 6) is -0.560. The molecular weight excluding hydrogens is 296 g/mol. The SMILES string of the molecule is Fc1ccc([C@@H](NSN2CCOCC2)C(F)(F)F)cc1. The summed E-state index contributed by atoms with van der Waals surface area (Å²) in [5, 5.41) is 0. The molecule has 0 unspecified atom stereocenters. The highest BCUT2D eigenvalue weighted by atomic mass is 32.2. The summed E-state index contributed by atoms with van der Waals surface area (Å²) in [6, 6.07) is 2.49. The summed E-state index contributed by atoms with van der Waals surface area (Å²) in [6.45, 7) is 2.13. The van der Waals surface area contributed by atoms with E-state index in [1.54, 1.807) is 4.31 Å². The third-order valence-corrected chi connectivity index (χ3v) is 3.76. The molecule has 0 amide bonds. The Kier molecular flexibility index (Phi) is 5.25. The number of alkyl halides is 3. The molecule has 0 saturated carbocycles. The van der Waals surface area contributed by atoms with Gasteiger partial charge in [-0.2, -0.15) is 13.2 Å². The number of ether oxygens (including phenoxy) is 1. The van der Waals surface area contributed by atoms with Crippen LogP contribution in [-0.4, -0.2) is 36.8 Å². The molecule has 1 aliphatic rings. The van der Waals surface area contributed by atoms with Gasteiger partial charge in [-0.3, -0.25) is 0 Å². The van der Waals surface area contributed by atoms with Crippen LogP contribution in [0, 0.1) is 5.82 Å². The van der Waals surface area contributed by atoms with Crippen LogP contribution in [0.25, 0.3) is 0 Å². The van der Waals surface area contributed by atoms with E-state index in [2.05, 4.69) is 4.72 Å². The second-order valence-electron chi connectivity index (χ2n) is 4.28. The molecule has 1 aromatic rings. The summed E-state index contributed by atoms with van der Waals surface area (Å²) >= 11 is 0.921. The van der Waals surface area contributed by atoms with E-state index in [1.165, 1.54) is 0 Å². The molecule has 2 rings (SSSR count). The summed E-state index contributed by atoms with van der Waals surface area (Å²) < 4.78 is 61.2. The maximum Gasteiger partial charge on any atom is 0.408 e. The molecule has 1 aromatic carbocycles. The van der Waals surface area contributed by atoms with Gasteiger partial charge in [-0.25, -0.2) is 13.4 Å². The molecule has 1 heterocycles. The van der Waals surface area contributed by atoms with Crippen LogP contribution in [0.4, 0.5) is 17.6 Å². The van der Waals surface area contributed by atoms with E-state index in [-0.39, 0.29) is 5.56 Å². The number of hydrogen-bond acceptors (Lipinski definition) is 4. The molecule has 0 aliphatic carbocycles. The van der Waals surface area contributed by atoms with Crippen molar-refractivity contribution in [2.75, 3.05) is 26.3 Å². The molecule has 8 heteroatoms. The molecule has 1 fully saturated rings. The zero-order valence-electron chi connectivity index (χ0n) is 10.5. The Morgan fingerprint density at radius 1 is 1.15 bits per heavy atom. The van der Waals surface area contributed by atoms with Gasteiger partial charge in [0.25, 0.3) is 0 Å². The average Bonchev–Trinajstić information content (AvgIpc) is 2.41. The lowest BCUT2D eigenvalue weighted by atomic mass is 10.1. The highest BCUT2D eigenvalue weighted by Crippen LogP contribution is 2.34. The predicted molar refractivity (Wildman–Crippen MR) is 68.3 cm³/mol. The lowest BCUT2D eigenvalue weighted by Gasteiger charge is -2.28. The number of halogens is 4. The van der Waals surface area contributed by atoms with Crippen molar-refractivity contribution < 1.29 is 22.3 Å². The van der Waals surface area contributed by atoms with Crippen LogP contribution < -0.4 is 4.72 Å². The maximum atomic E-state index is 13.0. The summed E-state index contributed by atoms with van der Waals surface area (Å²) in [5.41, 5.74) is -0.0142. The first kappa shape index (κ1) is 15.6. The number of benzene rings is 1. The summed E-state index contributed by atoms with van der Waals surface area (Å²) in [6.07, 6.45) is -4.45. The van der Waals surface area contributed by atoms with E-state index in [0.717, 1.165) is 36.4 Å². The number of rotatable bonds is 4. The van der Waals surface area contributed by atoms with Crippen molar-refractivity contribution in [3.05, 3.63) is 35.6 Å². The Hall–Kier alpha value is -0.830. The first-order valence-corrected chi connectivity index (χ1v) is 6.81. The normalized spacial score (nSPS) is 19.0. The van der Waals surface area contributed by atoms with E-state index in [9.17, 15) is 17.6 Å². The fourth-order valence-electron chi connectivity index (χ4n) is 1.74. The minimum atomic E-state index is -4.45. The van der Waals surface area contributed by atoms with Crippen molar-refractivity contribution >= 4 is 12.1 Å². The molecule has 20 heavy (non-hydrogen) atoms. The average molecular weight is 310 g/mol. The molecule has 0 radical (unpaired) electrons. The third-order valence-electron chi connectivity index (χ3n) is 2.80. The van der Waals surface area contributed by atoms with Crippen molar-refractivity contribution in [2.24, 2.45) is 0 Å².